The summed E-state index contributed by atoms with van der Waals surface area (Å²) in [7, 11) is 0. The number of hydrogen-bond donors (Lipinski definition) is 1. The molecule has 2 fully saturated rings. The number of aryl methyl sites for hydroxylation is 1. The zero-order chi connectivity index (χ0) is 24.4. The van der Waals surface area contributed by atoms with E-state index in [1.54, 1.807) is 23.6 Å². The highest BCUT2D eigenvalue weighted by atomic mass is 32.1. The van der Waals surface area contributed by atoms with Crippen molar-refractivity contribution >= 4 is 29.2 Å². The Labute approximate surface area is 208 Å². The summed E-state index contributed by atoms with van der Waals surface area (Å²) in [6.45, 7) is 3.30. The van der Waals surface area contributed by atoms with Crippen LogP contribution in [0.1, 0.15) is 39.3 Å². The second kappa shape index (κ2) is 9.62. The minimum atomic E-state index is -1.22. The van der Waals surface area contributed by atoms with Crippen molar-refractivity contribution < 1.29 is 14.4 Å². The molecule has 2 aromatic heterocycles. The minimum absolute atomic E-state index is 0.00722. The molecule has 0 unspecified atom stereocenters. The van der Waals surface area contributed by atoms with E-state index in [1.165, 1.54) is 4.90 Å². The van der Waals surface area contributed by atoms with Gasteiger partial charge in [-0.3, -0.25) is 19.5 Å². The molecule has 0 saturated carbocycles. The average molecular weight is 489 g/mol. The van der Waals surface area contributed by atoms with Crippen LogP contribution in [0.5, 0.6) is 0 Å². The van der Waals surface area contributed by atoms with Crippen molar-refractivity contribution in [3.63, 3.8) is 0 Å². The third-order valence-electron chi connectivity index (χ3n) is 7.13. The molecule has 3 aromatic rings. The van der Waals surface area contributed by atoms with E-state index in [-0.39, 0.29) is 23.8 Å². The SMILES string of the molecule is Cc1ccccc1C(=O)N1CCC([C@@]2(c3ccccn3)NC(=O)N(CCc3cccs3)C2=O)CC1. The average Bonchev–Trinajstić information content (AvgIpc) is 3.50. The highest BCUT2D eigenvalue weighted by Crippen LogP contribution is 2.41. The van der Waals surface area contributed by atoms with Crippen molar-refractivity contribution in [1.29, 1.82) is 0 Å². The van der Waals surface area contributed by atoms with Crippen LogP contribution in [0.2, 0.25) is 0 Å². The van der Waals surface area contributed by atoms with Gasteiger partial charge < -0.3 is 10.2 Å². The molecule has 2 aliphatic rings. The zero-order valence-electron chi connectivity index (χ0n) is 19.6. The van der Waals surface area contributed by atoms with Crippen molar-refractivity contribution in [1.82, 2.24) is 20.1 Å². The first-order chi connectivity index (χ1) is 17.0. The maximum atomic E-state index is 13.9. The summed E-state index contributed by atoms with van der Waals surface area (Å²) in [5.41, 5.74) is 0.992. The fraction of sp³-hybridized carbons (Fsp3) is 0.333. The molecule has 0 bridgehead atoms. The van der Waals surface area contributed by atoms with Crippen LogP contribution < -0.4 is 5.32 Å². The molecule has 5 rings (SSSR count). The lowest BCUT2D eigenvalue weighted by atomic mass is 9.75. The fourth-order valence-corrected chi connectivity index (χ4v) is 5.93. The molecule has 4 heterocycles. The number of pyridine rings is 1. The molecule has 4 amide bonds. The van der Waals surface area contributed by atoms with E-state index in [2.05, 4.69) is 10.3 Å². The van der Waals surface area contributed by atoms with E-state index >= 15 is 0 Å². The summed E-state index contributed by atoms with van der Waals surface area (Å²) < 4.78 is 0. The number of nitrogens with one attached hydrogen (secondary N) is 1. The van der Waals surface area contributed by atoms with Gasteiger partial charge in [0, 0.05) is 42.2 Å². The molecule has 7 nitrogen and oxygen atoms in total. The molecule has 180 valence electrons. The lowest BCUT2D eigenvalue weighted by molar-refractivity contribution is -0.134. The zero-order valence-corrected chi connectivity index (χ0v) is 20.5. The third-order valence-corrected chi connectivity index (χ3v) is 8.07. The summed E-state index contributed by atoms with van der Waals surface area (Å²) in [6, 6.07) is 16.6. The van der Waals surface area contributed by atoms with Crippen LogP contribution in [-0.2, 0) is 16.8 Å². The number of rotatable bonds is 6. The maximum absolute atomic E-state index is 13.9. The van der Waals surface area contributed by atoms with Gasteiger partial charge in [0.05, 0.1) is 5.69 Å². The van der Waals surface area contributed by atoms with Crippen LogP contribution in [0.15, 0.2) is 66.2 Å². The number of hydrogen-bond acceptors (Lipinski definition) is 5. The lowest BCUT2D eigenvalue weighted by Crippen LogP contribution is -2.54. The molecular weight excluding hydrogens is 460 g/mol. The van der Waals surface area contributed by atoms with Crippen LogP contribution in [0.25, 0.3) is 0 Å². The van der Waals surface area contributed by atoms with E-state index in [1.807, 2.05) is 65.7 Å². The molecule has 2 saturated heterocycles. The molecule has 0 radical (unpaired) electrons. The molecule has 0 spiro atoms. The fourth-order valence-electron chi connectivity index (χ4n) is 5.23. The molecule has 1 N–H and O–H groups in total. The third kappa shape index (κ3) is 4.23. The number of nitrogens with zero attached hydrogens (tertiary/aromatic N) is 3. The monoisotopic (exact) mass is 488 g/mol. The Bertz CT molecular complexity index is 1220. The van der Waals surface area contributed by atoms with Crippen LogP contribution in [0.4, 0.5) is 4.79 Å². The topological polar surface area (TPSA) is 82.6 Å². The predicted octanol–water partition coefficient (Wildman–Crippen LogP) is 3.99. The first kappa shape index (κ1) is 23.2. The summed E-state index contributed by atoms with van der Waals surface area (Å²) in [4.78, 5) is 48.9. The Hall–Kier alpha value is -3.52. The number of carbonyl (C=O) groups excluding carboxylic acids is 3. The highest BCUT2D eigenvalue weighted by molar-refractivity contribution is 7.09. The Morgan fingerprint density at radius 3 is 2.54 bits per heavy atom. The van der Waals surface area contributed by atoms with Crippen molar-refractivity contribution in [2.24, 2.45) is 5.92 Å². The Morgan fingerprint density at radius 1 is 1.09 bits per heavy atom. The largest absolute Gasteiger partial charge is 0.339 e. The Morgan fingerprint density at radius 2 is 1.86 bits per heavy atom. The summed E-state index contributed by atoms with van der Waals surface area (Å²) in [6.07, 6.45) is 3.47. The van der Waals surface area contributed by atoms with Gasteiger partial charge in [-0.25, -0.2) is 4.79 Å². The van der Waals surface area contributed by atoms with Crippen molar-refractivity contribution in [2.75, 3.05) is 19.6 Å². The molecule has 1 aromatic carbocycles. The summed E-state index contributed by atoms with van der Waals surface area (Å²) in [5, 5.41) is 5.03. The second-order valence-electron chi connectivity index (χ2n) is 9.12. The van der Waals surface area contributed by atoms with E-state index < -0.39 is 5.54 Å². The Kier molecular flexibility index (Phi) is 6.38. The predicted molar refractivity (Wildman–Crippen MR) is 134 cm³/mol. The molecule has 35 heavy (non-hydrogen) atoms. The number of aromatic nitrogens is 1. The first-order valence-electron chi connectivity index (χ1n) is 11.9. The molecular formula is C27H28N4O3S. The van der Waals surface area contributed by atoms with Gasteiger partial charge in [0.2, 0.25) is 0 Å². The van der Waals surface area contributed by atoms with Gasteiger partial charge in [0.25, 0.3) is 11.8 Å². The highest BCUT2D eigenvalue weighted by Gasteiger charge is 2.58. The van der Waals surface area contributed by atoms with Gasteiger partial charge in [-0.15, -0.1) is 11.3 Å². The number of imide groups is 1. The second-order valence-corrected chi connectivity index (χ2v) is 10.2. The number of thiophene rings is 1. The number of amides is 4. The van der Waals surface area contributed by atoms with Crippen LogP contribution in [0.3, 0.4) is 0 Å². The number of urea groups is 1. The summed E-state index contributed by atoms with van der Waals surface area (Å²) in [5.74, 6) is -0.407. The smallest absolute Gasteiger partial charge is 0.325 e. The molecule has 8 heteroatoms. The summed E-state index contributed by atoms with van der Waals surface area (Å²) >= 11 is 1.62. The van der Waals surface area contributed by atoms with Gasteiger partial charge in [-0.2, -0.15) is 0 Å². The van der Waals surface area contributed by atoms with Crippen LogP contribution in [0, 0.1) is 12.8 Å². The van der Waals surface area contributed by atoms with E-state index in [4.69, 9.17) is 0 Å². The Balaban J connectivity index is 1.38. The van der Waals surface area contributed by atoms with Gasteiger partial charge in [-0.1, -0.05) is 30.3 Å². The van der Waals surface area contributed by atoms with Crippen molar-refractivity contribution in [3.8, 4) is 0 Å². The standard InChI is InChI=1S/C27H28N4O3S/c1-19-7-2-3-9-22(19)24(32)30-15-11-20(12-16-30)27(23-10-4-5-14-28-23)25(33)31(26(34)29-27)17-13-21-8-6-18-35-21/h2-10,14,18,20H,11-13,15-17H2,1H3,(H,29,34)/t27-/m0/s1. The number of piperidine rings is 1. The normalized spacial score (nSPS) is 20.8. The minimum Gasteiger partial charge on any atom is -0.339 e. The van der Waals surface area contributed by atoms with Crippen molar-refractivity contribution in [3.05, 3.63) is 87.9 Å². The lowest BCUT2D eigenvalue weighted by Gasteiger charge is -2.40. The van der Waals surface area contributed by atoms with Gasteiger partial charge in [0.15, 0.2) is 5.54 Å². The molecule has 1 atom stereocenters. The first-order valence-corrected chi connectivity index (χ1v) is 12.8. The van der Waals surface area contributed by atoms with E-state index in [0.717, 1.165) is 10.4 Å². The molecule has 2 aliphatic heterocycles. The quantitative estimate of drug-likeness (QED) is 0.532. The number of likely N-dealkylation sites (tertiary alicyclic amines) is 1. The molecule has 0 aliphatic carbocycles. The van der Waals surface area contributed by atoms with E-state index in [9.17, 15) is 14.4 Å². The number of benzene rings is 1. The van der Waals surface area contributed by atoms with E-state index in [0.29, 0.717) is 50.2 Å². The van der Waals surface area contributed by atoms with Gasteiger partial charge >= 0.3 is 6.03 Å². The van der Waals surface area contributed by atoms with Gasteiger partial charge in [0.1, 0.15) is 0 Å². The maximum Gasteiger partial charge on any atom is 0.325 e. The van der Waals surface area contributed by atoms with Gasteiger partial charge in [-0.05, 0) is 61.4 Å². The van der Waals surface area contributed by atoms with Crippen LogP contribution >= 0.6 is 11.3 Å². The van der Waals surface area contributed by atoms with Crippen LogP contribution in [-0.4, -0.2) is 52.3 Å². The van der Waals surface area contributed by atoms with Crippen molar-refractivity contribution in [2.45, 2.75) is 31.7 Å². The number of carbonyl (C=O) groups is 3.